The van der Waals surface area contributed by atoms with Gasteiger partial charge in [-0.2, -0.15) is 0 Å². The third-order valence-electron chi connectivity index (χ3n) is 5.84. The van der Waals surface area contributed by atoms with Gasteiger partial charge in [0.25, 0.3) is 0 Å². The molecule has 4 rings (SSSR count). The lowest BCUT2D eigenvalue weighted by Crippen LogP contribution is -2.31. The molecule has 0 N–H and O–H groups in total. The predicted octanol–water partition coefficient (Wildman–Crippen LogP) is 2.87. The Morgan fingerprint density at radius 3 is 2.59 bits per heavy atom. The van der Waals surface area contributed by atoms with Crippen LogP contribution in [0.1, 0.15) is 47.0 Å². The highest BCUT2D eigenvalue weighted by molar-refractivity contribution is 6.06. The van der Waals surface area contributed by atoms with Gasteiger partial charge < -0.3 is 4.74 Å². The first-order valence-electron chi connectivity index (χ1n) is 6.71. The van der Waals surface area contributed by atoms with Crippen LogP contribution in [0.4, 0.5) is 0 Å². The first-order chi connectivity index (χ1) is 7.74. The fraction of sp³-hybridized carbons (Fsp3) is 0.800. The van der Waals surface area contributed by atoms with E-state index in [4.69, 9.17) is 4.74 Å². The standard InChI is InChI=1S/C15H20O2/c1-12(2)6-9-7-13(9,3)10-5-11(16)14(4)15(10,8-12)17-14/h5,9H,6-8H2,1-4H3/t9-,13+,14+,15-/m0/s1. The fourth-order valence-electron chi connectivity index (χ4n) is 4.69. The van der Waals surface area contributed by atoms with E-state index in [2.05, 4.69) is 20.8 Å². The molecule has 2 heteroatoms. The Hall–Kier alpha value is -0.630. The highest BCUT2D eigenvalue weighted by Gasteiger charge is 2.81. The summed E-state index contributed by atoms with van der Waals surface area (Å²) >= 11 is 0. The number of carbonyl (C=O) groups is 1. The van der Waals surface area contributed by atoms with E-state index in [1.54, 1.807) is 0 Å². The van der Waals surface area contributed by atoms with Crippen LogP contribution in [0.25, 0.3) is 0 Å². The summed E-state index contributed by atoms with van der Waals surface area (Å²) in [4.78, 5) is 12.1. The molecule has 0 unspecified atom stereocenters. The molecule has 3 aliphatic carbocycles. The Labute approximate surface area is 102 Å². The second-order valence-corrected chi connectivity index (χ2v) is 7.75. The van der Waals surface area contributed by atoms with Gasteiger partial charge in [-0.25, -0.2) is 0 Å². The third kappa shape index (κ3) is 0.929. The largest absolute Gasteiger partial charge is 0.349 e. The van der Waals surface area contributed by atoms with Crippen molar-refractivity contribution in [3.05, 3.63) is 11.6 Å². The number of rotatable bonds is 0. The normalized spacial score (nSPS) is 57.5. The summed E-state index contributed by atoms with van der Waals surface area (Å²) in [5.74, 6) is 0.972. The van der Waals surface area contributed by atoms with Gasteiger partial charge in [-0.3, -0.25) is 4.79 Å². The molecule has 2 saturated carbocycles. The molecule has 2 nitrogen and oxygen atoms in total. The zero-order valence-corrected chi connectivity index (χ0v) is 11.1. The van der Waals surface area contributed by atoms with Crippen LogP contribution in [-0.4, -0.2) is 17.0 Å². The average molecular weight is 232 g/mol. The van der Waals surface area contributed by atoms with Gasteiger partial charge in [-0.1, -0.05) is 20.8 Å². The van der Waals surface area contributed by atoms with Gasteiger partial charge in [-0.15, -0.1) is 0 Å². The van der Waals surface area contributed by atoms with E-state index in [0.29, 0.717) is 5.41 Å². The van der Waals surface area contributed by atoms with Crippen molar-refractivity contribution in [3.8, 4) is 0 Å². The fourth-order valence-corrected chi connectivity index (χ4v) is 4.69. The van der Waals surface area contributed by atoms with Gasteiger partial charge in [0.2, 0.25) is 0 Å². The topological polar surface area (TPSA) is 29.6 Å². The zero-order valence-electron chi connectivity index (χ0n) is 11.1. The molecule has 4 aliphatic rings. The zero-order chi connectivity index (χ0) is 12.3. The van der Waals surface area contributed by atoms with Gasteiger partial charge >= 0.3 is 0 Å². The molecule has 0 bridgehead atoms. The summed E-state index contributed by atoms with van der Waals surface area (Å²) in [7, 11) is 0. The maximum atomic E-state index is 12.1. The van der Waals surface area contributed by atoms with Gasteiger partial charge in [0, 0.05) is 0 Å². The summed E-state index contributed by atoms with van der Waals surface area (Å²) in [6.07, 6.45) is 5.46. The third-order valence-corrected chi connectivity index (χ3v) is 5.84. The van der Waals surface area contributed by atoms with Gasteiger partial charge in [-0.05, 0) is 54.6 Å². The highest BCUT2D eigenvalue weighted by Crippen LogP contribution is 2.76. The van der Waals surface area contributed by atoms with E-state index in [9.17, 15) is 4.79 Å². The lowest BCUT2D eigenvalue weighted by Gasteiger charge is -2.27. The number of ether oxygens (including phenoxy) is 1. The summed E-state index contributed by atoms with van der Waals surface area (Å²) in [5.41, 5.74) is 1.14. The van der Waals surface area contributed by atoms with Crippen LogP contribution in [0.3, 0.4) is 0 Å². The quantitative estimate of drug-likeness (QED) is 0.601. The van der Waals surface area contributed by atoms with Crippen LogP contribution in [-0.2, 0) is 9.53 Å². The number of ketones is 1. The van der Waals surface area contributed by atoms with Crippen molar-refractivity contribution < 1.29 is 9.53 Å². The van der Waals surface area contributed by atoms with Crippen molar-refractivity contribution in [2.24, 2.45) is 16.7 Å². The SMILES string of the molecule is CC1(C)C[C@H]2C[C@@]2(C)C2=CC(=O)[C@@]3(C)O[C@@]23C1. The van der Waals surface area contributed by atoms with E-state index in [1.165, 1.54) is 18.4 Å². The molecule has 0 amide bonds. The summed E-state index contributed by atoms with van der Waals surface area (Å²) < 4.78 is 6.00. The smallest absolute Gasteiger partial charge is 0.190 e. The molecule has 1 spiro atoms. The maximum Gasteiger partial charge on any atom is 0.190 e. The van der Waals surface area contributed by atoms with Crippen molar-refractivity contribution in [2.45, 2.75) is 58.2 Å². The lowest BCUT2D eigenvalue weighted by atomic mass is 9.75. The van der Waals surface area contributed by atoms with Crippen molar-refractivity contribution in [2.75, 3.05) is 0 Å². The molecule has 17 heavy (non-hydrogen) atoms. The molecule has 1 heterocycles. The van der Waals surface area contributed by atoms with E-state index in [-0.39, 0.29) is 16.8 Å². The number of hydrogen-bond acceptors (Lipinski definition) is 2. The minimum Gasteiger partial charge on any atom is -0.349 e. The minimum atomic E-state index is -0.514. The van der Waals surface area contributed by atoms with Crippen molar-refractivity contribution in [1.82, 2.24) is 0 Å². The van der Waals surface area contributed by atoms with Gasteiger partial charge in [0.15, 0.2) is 11.4 Å². The second-order valence-electron chi connectivity index (χ2n) is 7.75. The molecule has 0 aromatic carbocycles. The number of hydrogen-bond donors (Lipinski definition) is 0. The van der Waals surface area contributed by atoms with Crippen molar-refractivity contribution >= 4 is 5.78 Å². The second kappa shape index (κ2) is 2.27. The minimum absolute atomic E-state index is 0.206. The first-order valence-corrected chi connectivity index (χ1v) is 6.71. The molecule has 4 atom stereocenters. The van der Waals surface area contributed by atoms with Crippen LogP contribution in [0.15, 0.2) is 11.6 Å². The van der Waals surface area contributed by atoms with E-state index >= 15 is 0 Å². The molecular formula is C15H20O2. The van der Waals surface area contributed by atoms with Crippen molar-refractivity contribution in [3.63, 3.8) is 0 Å². The number of fused-ring (bicyclic) bond motifs is 2. The molecular weight excluding hydrogens is 212 g/mol. The van der Waals surface area contributed by atoms with Crippen LogP contribution in [0, 0.1) is 16.7 Å². The van der Waals surface area contributed by atoms with Crippen LogP contribution < -0.4 is 0 Å². The molecule has 1 saturated heterocycles. The molecule has 0 radical (unpaired) electrons. The maximum absolute atomic E-state index is 12.1. The Morgan fingerprint density at radius 2 is 1.94 bits per heavy atom. The molecule has 0 aromatic rings. The number of epoxide rings is 1. The summed E-state index contributed by atoms with van der Waals surface area (Å²) in [6, 6.07) is 0. The monoisotopic (exact) mass is 232 g/mol. The highest BCUT2D eigenvalue weighted by atomic mass is 16.6. The van der Waals surface area contributed by atoms with Gasteiger partial charge in [0.05, 0.1) is 0 Å². The average Bonchev–Trinajstić information content (AvgIpc) is 2.96. The number of carbonyl (C=O) groups excluding carboxylic acids is 1. The van der Waals surface area contributed by atoms with E-state index in [1.807, 2.05) is 13.0 Å². The molecule has 1 aliphatic heterocycles. The van der Waals surface area contributed by atoms with Crippen molar-refractivity contribution in [1.29, 1.82) is 0 Å². The van der Waals surface area contributed by atoms with Crippen LogP contribution >= 0.6 is 0 Å². The Bertz CT molecular complexity index is 489. The lowest BCUT2D eigenvalue weighted by molar-refractivity contribution is -0.118. The summed E-state index contributed by atoms with van der Waals surface area (Å²) in [5, 5.41) is 0. The Balaban J connectivity index is 1.89. The Kier molecular flexibility index (Phi) is 1.38. The summed E-state index contributed by atoms with van der Waals surface area (Å²) in [6.45, 7) is 8.97. The van der Waals surface area contributed by atoms with E-state index in [0.717, 1.165) is 12.3 Å². The molecule has 92 valence electrons. The predicted molar refractivity (Wildman–Crippen MR) is 64.5 cm³/mol. The molecule has 0 aromatic heterocycles. The Morgan fingerprint density at radius 1 is 1.24 bits per heavy atom. The molecule has 3 fully saturated rings. The van der Waals surface area contributed by atoms with E-state index < -0.39 is 5.60 Å². The van der Waals surface area contributed by atoms with Gasteiger partial charge in [0.1, 0.15) is 5.60 Å². The van der Waals surface area contributed by atoms with Crippen LogP contribution in [0.5, 0.6) is 0 Å². The first kappa shape index (κ1) is 10.3. The van der Waals surface area contributed by atoms with Crippen LogP contribution in [0.2, 0.25) is 0 Å².